The summed E-state index contributed by atoms with van der Waals surface area (Å²) < 4.78 is 11.0. The molecule has 0 radical (unpaired) electrons. The molecule has 4 rings (SSSR count). The van der Waals surface area contributed by atoms with E-state index < -0.39 is 17.4 Å². The third kappa shape index (κ3) is 1.56. The molecule has 0 aromatic carbocycles. The highest BCUT2D eigenvalue weighted by Crippen LogP contribution is 2.54. The fourth-order valence-electron chi connectivity index (χ4n) is 3.71. The summed E-state index contributed by atoms with van der Waals surface area (Å²) in [5.74, 6) is -1.20. The van der Waals surface area contributed by atoms with Gasteiger partial charge in [0.1, 0.15) is 18.1 Å². The Bertz CT molecular complexity index is 462. The van der Waals surface area contributed by atoms with Crippen LogP contribution in [0.5, 0.6) is 0 Å². The molecular formula is C13H18N2O4. The fraction of sp³-hybridized carbons (Fsp3) is 0.846. The Labute approximate surface area is 111 Å². The molecule has 0 unspecified atom stereocenters. The summed E-state index contributed by atoms with van der Waals surface area (Å²) in [6, 6.07) is 0. The lowest BCUT2D eigenvalue weighted by Crippen LogP contribution is -2.48. The predicted octanol–water partition coefficient (Wildman–Crippen LogP) is -0.685. The smallest absolute Gasteiger partial charge is 0.313 e. The minimum absolute atomic E-state index is 0.104. The zero-order valence-electron chi connectivity index (χ0n) is 10.7. The monoisotopic (exact) mass is 266 g/mol. The SMILES string of the molecule is NC1(CNC(=O)[C@H]2[C@H]3C(=O)OC[C@]34CC[C@H]2O4)CC1. The van der Waals surface area contributed by atoms with Gasteiger partial charge in [0.15, 0.2) is 0 Å². The number of esters is 1. The quantitative estimate of drug-likeness (QED) is 0.660. The van der Waals surface area contributed by atoms with Crippen LogP contribution < -0.4 is 11.1 Å². The van der Waals surface area contributed by atoms with Crippen LogP contribution in [0.1, 0.15) is 25.7 Å². The molecule has 3 heterocycles. The molecule has 6 nitrogen and oxygen atoms in total. The van der Waals surface area contributed by atoms with Crippen molar-refractivity contribution in [1.82, 2.24) is 5.32 Å². The van der Waals surface area contributed by atoms with Crippen LogP contribution >= 0.6 is 0 Å². The van der Waals surface area contributed by atoms with Gasteiger partial charge in [-0.3, -0.25) is 9.59 Å². The molecule has 4 fully saturated rings. The van der Waals surface area contributed by atoms with Crippen molar-refractivity contribution in [3.8, 4) is 0 Å². The topological polar surface area (TPSA) is 90.7 Å². The molecular weight excluding hydrogens is 248 g/mol. The molecule has 3 aliphatic heterocycles. The van der Waals surface area contributed by atoms with Crippen LogP contribution in [0.3, 0.4) is 0 Å². The summed E-state index contributed by atoms with van der Waals surface area (Å²) in [5.41, 5.74) is 5.22. The second-order valence-electron chi connectivity index (χ2n) is 6.45. The maximum Gasteiger partial charge on any atom is 0.313 e. The number of nitrogens with two attached hydrogens (primary N) is 1. The highest BCUT2D eigenvalue weighted by Gasteiger charge is 2.68. The number of ether oxygens (including phenoxy) is 2. The van der Waals surface area contributed by atoms with Crippen molar-refractivity contribution < 1.29 is 19.1 Å². The van der Waals surface area contributed by atoms with Gasteiger partial charge >= 0.3 is 5.97 Å². The fourth-order valence-corrected chi connectivity index (χ4v) is 3.71. The number of hydrogen-bond acceptors (Lipinski definition) is 5. The van der Waals surface area contributed by atoms with E-state index in [-0.39, 0.29) is 23.5 Å². The third-order valence-corrected chi connectivity index (χ3v) is 5.09. The minimum atomic E-state index is -0.524. The van der Waals surface area contributed by atoms with E-state index in [1.807, 2.05) is 0 Å². The Kier molecular flexibility index (Phi) is 2.14. The van der Waals surface area contributed by atoms with Crippen LogP contribution in [0.15, 0.2) is 0 Å². The molecule has 4 atom stereocenters. The largest absolute Gasteiger partial charge is 0.462 e. The lowest BCUT2D eigenvalue weighted by Gasteiger charge is -2.26. The Hall–Kier alpha value is -1.14. The summed E-state index contributed by atoms with van der Waals surface area (Å²) in [7, 11) is 0. The van der Waals surface area contributed by atoms with Gasteiger partial charge in [-0.25, -0.2) is 0 Å². The van der Waals surface area contributed by atoms with E-state index in [9.17, 15) is 9.59 Å². The Balaban J connectivity index is 1.51. The zero-order chi connectivity index (χ0) is 13.3. The molecule has 1 saturated carbocycles. The first-order valence-electron chi connectivity index (χ1n) is 6.94. The number of nitrogens with one attached hydrogen (secondary N) is 1. The van der Waals surface area contributed by atoms with Crippen LogP contribution in [-0.2, 0) is 19.1 Å². The average molecular weight is 266 g/mol. The number of hydrogen-bond donors (Lipinski definition) is 2. The summed E-state index contributed by atoms with van der Waals surface area (Å²) in [6.07, 6.45) is 3.42. The summed E-state index contributed by atoms with van der Waals surface area (Å²) in [4.78, 5) is 24.2. The van der Waals surface area contributed by atoms with Crippen molar-refractivity contribution in [2.75, 3.05) is 13.2 Å². The molecule has 0 aromatic heterocycles. The van der Waals surface area contributed by atoms with Crippen molar-refractivity contribution in [3.05, 3.63) is 0 Å². The van der Waals surface area contributed by atoms with Crippen LogP contribution in [0.2, 0.25) is 0 Å². The molecule has 104 valence electrons. The molecule has 4 aliphatic rings. The lowest BCUT2D eigenvalue weighted by atomic mass is 9.73. The summed E-state index contributed by atoms with van der Waals surface area (Å²) in [5, 5.41) is 2.89. The van der Waals surface area contributed by atoms with Gasteiger partial charge in [0.05, 0.1) is 12.0 Å². The van der Waals surface area contributed by atoms with E-state index in [0.717, 1.165) is 25.7 Å². The van der Waals surface area contributed by atoms with Crippen LogP contribution in [0.4, 0.5) is 0 Å². The first-order valence-corrected chi connectivity index (χ1v) is 6.94. The highest BCUT2D eigenvalue weighted by atomic mass is 16.6. The number of carbonyl (C=O) groups is 2. The van der Waals surface area contributed by atoms with Gasteiger partial charge in [0, 0.05) is 12.1 Å². The van der Waals surface area contributed by atoms with E-state index in [2.05, 4.69) is 5.32 Å². The normalized spacial score (nSPS) is 44.9. The molecule has 19 heavy (non-hydrogen) atoms. The molecule has 1 aliphatic carbocycles. The predicted molar refractivity (Wildman–Crippen MR) is 63.9 cm³/mol. The van der Waals surface area contributed by atoms with Gasteiger partial charge in [0.2, 0.25) is 5.91 Å². The van der Waals surface area contributed by atoms with Crippen molar-refractivity contribution in [3.63, 3.8) is 0 Å². The van der Waals surface area contributed by atoms with E-state index in [0.29, 0.717) is 13.2 Å². The molecule has 0 aromatic rings. The van der Waals surface area contributed by atoms with Crippen LogP contribution in [-0.4, -0.2) is 42.3 Å². The standard InChI is InChI=1S/C13H18N2O4/c14-12(3-4-12)5-15-10(16)8-7-1-2-13(19-7)6-18-11(17)9(8)13/h7-9H,1-6,14H2,(H,15,16)/t7-,8-,9+,13-/m1/s1. The van der Waals surface area contributed by atoms with Crippen LogP contribution in [0.25, 0.3) is 0 Å². The molecule has 2 bridgehead atoms. The van der Waals surface area contributed by atoms with Gasteiger partial charge in [-0.15, -0.1) is 0 Å². The van der Waals surface area contributed by atoms with Gasteiger partial charge in [0.25, 0.3) is 0 Å². The molecule has 1 spiro atoms. The zero-order valence-corrected chi connectivity index (χ0v) is 10.7. The molecule has 3 saturated heterocycles. The number of cyclic esters (lactones) is 1. The molecule has 1 amide bonds. The van der Waals surface area contributed by atoms with Gasteiger partial charge in [-0.1, -0.05) is 0 Å². The number of fused-ring (bicyclic) bond motifs is 1. The van der Waals surface area contributed by atoms with Crippen LogP contribution in [0, 0.1) is 11.8 Å². The first kappa shape index (κ1) is 11.7. The minimum Gasteiger partial charge on any atom is -0.462 e. The van der Waals surface area contributed by atoms with Crippen molar-refractivity contribution in [2.24, 2.45) is 17.6 Å². The van der Waals surface area contributed by atoms with Gasteiger partial charge < -0.3 is 20.5 Å². The van der Waals surface area contributed by atoms with Gasteiger partial charge in [-0.05, 0) is 25.7 Å². The van der Waals surface area contributed by atoms with E-state index in [1.54, 1.807) is 0 Å². The van der Waals surface area contributed by atoms with Crippen molar-refractivity contribution in [1.29, 1.82) is 0 Å². The first-order chi connectivity index (χ1) is 9.03. The van der Waals surface area contributed by atoms with E-state index in [1.165, 1.54) is 0 Å². The van der Waals surface area contributed by atoms with Crippen molar-refractivity contribution in [2.45, 2.75) is 42.9 Å². The van der Waals surface area contributed by atoms with E-state index >= 15 is 0 Å². The Morgan fingerprint density at radius 3 is 2.95 bits per heavy atom. The Morgan fingerprint density at radius 2 is 2.21 bits per heavy atom. The van der Waals surface area contributed by atoms with Crippen molar-refractivity contribution >= 4 is 11.9 Å². The number of amides is 1. The number of carbonyl (C=O) groups excluding carboxylic acids is 2. The second kappa shape index (κ2) is 3.49. The summed E-state index contributed by atoms with van der Waals surface area (Å²) >= 11 is 0. The van der Waals surface area contributed by atoms with Gasteiger partial charge in [-0.2, -0.15) is 0 Å². The summed E-state index contributed by atoms with van der Waals surface area (Å²) in [6.45, 7) is 0.793. The van der Waals surface area contributed by atoms with E-state index in [4.69, 9.17) is 15.2 Å². The number of rotatable bonds is 3. The average Bonchev–Trinajstić information content (AvgIpc) is 2.78. The highest BCUT2D eigenvalue weighted by molar-refractivity contribution is 5.89. The third-order valence-electron chi connectivity index (χ3n) is 5.09. The molecule has 3 N–H and O–H groups in total. The Morgan fingerprint density at radius 1 is 1.42 bits per heavy atom. The lowest BCUT2D eigenvalue weighted by molar-refractivity contribution is -0.146. The molecule has 6 heteroatoms. The maximum absolute atomic E-state index is 12.3. The second-order valence-corrected chi connectivity index (χ2v) is 6.45. The maximum atomic E-state index is 12.3.